The first-order valence-corrected chi connectivity index (χ1v) is 3.20. The van der Waals surface area contributed by atoms with Gasteiger partial charge in [-0.15, -0.1) is 0 Å². The molecule has 0 bridgehead atoms. The molecule has 0 aliphatic carbocycles. The van der Waals surface area contributed by atoms with Crippen LogP contribution >= 0.6 is 0 Å². The van der Waals surface area contributed by atoms with E-state index in [1.165, 1.54) is 0 Å². The van der Waals surface area contributed by atoms with E-state index in [9.17, 15) is 4.79 Å². The highest BCUT2D eigenvalue weighted by Crippen LogP contribution is 2.09. The minimum Gasteiger partial charge on any atom is -0.462 e. The Hall–Kier alpha value is -0.790. The second-order valence-electron chi connectivity index (χ2n) is 2.01. The molecule has 0 aromatic rings. The van der Waals surface area contributed by atoms with Gasteiger partial charge in [0.1, 0.15) is 0 Å². The minimum absolute atomic E-state index is 0.135. The van der Waals surface area contributed by atoms with Crippen LogP contribution in [0.4, 0.5) is 0 Å². The minimum atomic E-state index is -0.135. The number of cyclic esters (lactones) is 1. The average Bonchev–Trinajstić information content (AvgIpc) is 1.89. The molecule has 1 heterocycles. The molecule has 1 aliphatic rings. The Labute approximate surface area is 54.5 Å². The lowest BCUT2D eigenvalue weighted by Crippen LogP contribution is -2.12. The first-order valence-electron chi connectivity index (χ1n) is 3.20. The van der Waals surface area contributed by atoms with Crippen LogP contribution in [0.3, 0.4) is 0 Å². The third-order valence-electron chi connectivity index (χ3n) is 1.38. The van der Waals surface area contributed by atoms with Crippen molar-refractivity contribution in [3.8, 4) is 0 Å². The van der Waals surface area contributed by atoms with Gasteiger partial charge in [0, 0.05) is 12.0 Å². The van der Waals surface area contributed by atoms with Crippen LogP contribution in [0.1, 0.15) is 19.8 Å². The molecule has 2 heteroatoms. The van der Waals surface area contributed by atoms with Crippen LogP contribution in [0.15, 0.2) is 11.6 Å². The fraction of sp³-hybridized carbons (Fsp3) is 0.571. The Morgan fingerprint density at radius 3 is 3.00 bits per heavy atom. The summed E-state index contributed by atoms with van der Waals surface area (Å²) in [6.45, 7) is 2.51. The molecule has 1 rings (SSSR count). The zero-order chi connectivity index (χ0) is 6.69. The van der Waals surface area contributed by atoms with Gasteiger partial charge in [-0.25, -0.2) is 4.79 Å². The molecule has 0 atom stereocenters. The average molecular weight is 126 g/mol. The molecule has 0 radical (unpaired) electrons. The van der Waals surface area contributed by atoms with Crippen LogP contribution in [-0.4, -0.2) is 12.6 Å². The van der Waals surface area contributed by atoms with E-state index < -0.39 is 0 Å². The predicted octanol–water partition coefficient (Wildman–Crippen LogP) is 1.27. The second-order valence-corrected chi connectivity index (χ2v) is 2.01. The molecule has 0 aromatic carbocycles. The standard InChI is InChI=1S/C7H10O2/c1-2-6-4-3-5-9-7(6)8/h4H,2-3,5H2,1H3. The zero-order valence-corrected chi connectivity index (χ0v) is 5.52. The Kier molecular flexibility index (Phi) is 1.88. The van der Waals surface area contributed by atoms with Gasteiger partial charge in [0.25, 0.3) is 0 Å². The summed E-state index contributed by atoms with van der Waals surface area (Å²) in [6, 6.07) is 0. The van der Waals surface area contributed by atoms with Crippen LogP contribution in [-0.2, 0) is 9.53 Å². The zero-order valence-electron chi connectivity index (χ0n) is 5.52. The number of hydrogen-bond donors (Lipinski definition) is 0. The number of hydrogen-bond acceptors (Lipinski definition) is 2. The molecular weight excluding hydrogens is 116 g/mol. The van der Waals surface area contributed by atoms with Crippen LogP contribution in [0.5, 0.6) is 0 Å². The number of carbonyl (C=O) groups excluding carboxylic acids is 1. The summed E-state index contributed by atoms with van der Waals surface area (Å²) >= 11 is 0. The molecule has 50 valence electrons. The summed E-state index contributed by atoms with van der Waals surface area (Å²) in [5.74, 6) is -0.135. The number of carbonyl (C=O) groups is 1. The second kappa shape index (κ2) is 2.67. The number of rotatable bonds is 1. The van der Waals surface area contributed by atoms with Gasteiger partial charge in [0.05, 0.1) is 6.61 Å². The molecule has 9 heavy (non-hydrogen) atoms. The van der Waals surface area contributed by atoms with Gasteiger partial charge < -0.3 is 4.74 Å². The van der Waals surface area contributed by atoms with Crippen molar-refractivity contribution in [1.82, 2.24) is 0 Å². The van der Waals surface area contributed by atoms with Crippen LogP contribution in [0, 0.1) is 0 Å². The van der Waals surface area contributed by atoms with E-state index in [0.717, 1.165) is 18.4 Å². The molecule has 2 nitrogen and oxygen atoms in total. The summed E-state index contributed by atoms with van der Waals surface area (Å²) in [6.07, 6.45) is 3.62. The van der Waals surface area contributed by atoms with Crippen molar-refractivity contribution in [1.29, 1.82) is 0 Å². The highest BCUT2D eigenvalue weighted by atomic mass is 16.5. The highest BCUT2D eigenvalue weighted by Gasteiger charge is 2.11. The Morgan fingerprint density at radius 1 is 1.78 bits per heavy atom. The first-order chi connectivity index (χ1) is 4.34. The molecule has 0 unspecified atom stereocenters. The van der Waals surface area contributed by atoms with Crippen molar-refractivity contribution in [2.75, 3.05) is 6.61 Å². The lowest BCUT2D eigenvalue weighted by atomic mass is 10.1. The van der Waals surface area contributed by atoms with Gasteiger partial charge in [-0.2, -0.15) is 0 Å². The van der Waals surface area contributed by atoms with Gasteiger partial charge in [-0.1, -0.05) is 13.0 Å². The summed E-state index contributed by atoms with van der Waals surface area (Å²) in [4.78, 5) is 10.7. The Bertz CT molecular complexity index is 147. The van der Waals surface area contributed by atoms with E-state index in [1.54, 1.807) is 0 Å². The van der Waals surface area contributed by atoms with Crippen molar-refractivity contribution >= 4 is 5.97 Å². The van der Waals surface area contributed by atoms with E-state index in [0.29, 0.717) is 6.61 Å². The SMILES string of the molecule is CCC1=CCCOC1=O. The van der Waals surface area contributed by atoms with E-state index in [1.807, 2.05) is 13.0 Å². The van der Waals surface area contributed by atoms with Crippen molar-refractivity contribution in [3.63, 3.8) is 0 Å². The molecule has 0 aromatic heterocycles. The maximum atomic E-state index is 10.7. The molecule has 0 N–H and O–H groups in total. The van der Waals surface area contributed by atoms with Crippen molar-refractivity contribution in [3.05, 3.63) is 11.6 Å². The van der Waals surface area contributed by atoms with Gasteiger partial charge in [0.2, 0.25) is 0 Å². The van der Waals surface area contributed by atoms with Crippen LogP contribution < -0.4 is 0 Å². The third-order valence-corrected chi connectivity index (χ3v) is 1.38. The first kappa shape index (κ1) is 6.33. The molecule has 0 spiro atoms. The van der Waals surface area contributed by atoms with Gasteiger partial charge >= 0.3 is 5.97 Å². The molecule has 1 aliphatic heterocycles. The normalized spacial score (nSPS) is 18.8. The van der Waals surface area contributed by atoms with E-state index in [-0.39, 0.29) is 5.97 Å². The summed E-state index contributed by atoms with van der Waals surface area (Å²) in [5.41, 5.74) is 0.821. The molecule has 0 saturated heterocycles. The summed E-state index contributed by atoms with van der Waals surface area (Å²) in [7, 11) is 0. The molecule has 0 saturated carbocycles. The molecule has 0 fully saturated rings. The largest absolute Gasteiger partial charge is 0.462 e. The third kappa shape index (κ3) is 1.31. The van der Waals surface area contributed by atoms with Crippen LogP contribution in [0.25, 0.3) is 0 Å². The lowest BCUT2D eigenvalue weighted by molar-refractivity contribution is -0.139. The fourth-order valence-corrected chi connectivity index (χ4v) is 0.849. The van der Waals surface area contributed by atoms with Crippen LogP contribution in [0.2, 0.25) is 0 Å². The van der Waals surface area contributed by atoms with Gasteiger partial charge in [-0.05, 0) is 6.42 Å². The van der Waals surface area contributed by atoms with Crippen molar-refractivity contribution in [2.45, 2.75) is 19.8 Å². The lowest BCUT2D eigenvalue weighted by Gasteiger charge is -2.09. The summed E-state index contributed by atoms with van der Waals surface area (Å²) in [5, 5.41) is 0. The topological polar surface area (TPSA) is 26.3 Å². The van der Waals surface area contributed by atoms with Crippen molar-refractivity contribution in [2.24, 2.45) is 0 Å². The smallest absolute Gasteiger partial charge is 0.333 e. The highest BCUT2D eigenvalue weighted by molar-refractivity contribution is 5.88. The van der Waals surface area contributed by atoms with Gasteiger partial charge in [0.15, 0.2) is 0 Å². The quantitative estimate of drug-likeness (QED) is 0.494. The van der Waals surface area contributed by atoms with E-state index >= 15 is 0 Å². The monoisotopic (exact) mass is 126 g/mol. The predicted molar refractivity (Wildman–Crippen MR) is 33.9 cm³/mol. The van der Waals surface area contributed by atoms with E-state index in [4.69, 9.17) is 4.74 Å². The maximum absolute atomic E-state index is 10.7. The Morgan fingerprint density at radius 2 is 2.56 bits per heavy atom. The number of ether oxygens (including phenoxy) is 1. The summed E-state index contributed by atoms with van der Waals surface area (Å²) < 4.78 is 4.77. The van der Waals surface area contributed by atoms with Gasteiger partial charge in [-0.3, -0.25) is 0 Å². The molecular formula is C7H10O2. The molecule has 0 amide bonds. The fourth-order valence-electron chi connectivity index (χ4n) is 0.849. The Balaban J connectivity index is 2.64. The van der Waals surface area contributed by atoms with E-state index in [2.05, 4.69) is 0 Å². The van der Waals surface area contributed by atoms with Crippen molar-refractivity contribution < 1.29 is 9.53 Å². The maximum Gasteiger partial charge on any atom is 0.333 e. The number of esters is 1.